The van der Waals surface area contributed by atoms with Gasteiger partial charge in [0.2, 0.25) is 0 Å². The van der Waals surface area contributed by atoms with E-state index in [0.29, 0.717) is 6.54 Å². The molecule has 2 aliphatic rings. The number of nitrogens with one attached hydrogen (secondary N) is 2. The van der Waals surface area contributed by atoms with Gasteiger partial charge >= 0.3 is 0 Å². The van der Waals surface area contributed by atoms with Gasteiger partial charge in [-0.05, 0) is 26.7 Å². The zero-order valence-corrected chi connectivity index (χ0v) is 18.4. The largest absolute Gasteiger partial charge is 0.383 e. The van der Waals surface area contributed by atoms with Crippen LogP contribution in [0, 0.1) is 0 Å². The number of aliphatic imine (C=N–C) groups is 1. The molecule has 1 aromatic heterocycles. The van der Waals surface area contributed by atoms with Crippen LogP contribution in [0.15, 0.2) is 17.4 Å². The quantitative estimate of drug-likeness (QED) is 0.469. The van der Waals surface area contributed by atoms with Crippen molar-refractivity contribution in [3.8, 4) is 0 Å². The maximum absolute atomic E-state index is 10.8. The molecule has 28 heavy (non-hydrogen) atoms. The minimum absolute atomic E-state index is 0.253. The van der Waals surface area contributed by atoms with Gasteiger partial charge in [-0.15, -0.1) is 0 Å². The molecule has 0 aromatic carbocycles. The molecule has 8 heteroatoms. The topological polar surface area (TPSA) is 77.7 Å². The molecular weight excluding hydrogens is 372 g/mol. The summed E-state index contributed by atoms with van der Waals surface area (Å²) in [5, 5.41) is 21.9. The molecule has 0 bridgehead atoms. The van der Waals surface area contributed by atoms with Crippen molar-refractivity contribution < 1.29 is 5.11 Å². The molecule has 7 nitrogen and oxygen atoms in total. The van der Waals surface area contributed by atoms with E-state index in [1.54, 1.807) is 17.8 Å². The van der Waals surface area contributed by atoms with Gasteiger partial charge < -0.3 is 15.7 Å². The normalized spacial score (nSPS) is 22.8. The van der Waals surface area contributed by atoms with Crippen molar-refractivity contribution in [1.29, 1.82) is 0 Å². The fourth-order valence-corrected chi connectivity index (χ4v) is 5.19. The van der Waals surface area contributed by atoms with Crippen molar-refractivity contribution in [2.45, 2.75) is 50.7 Å². The number of aryl methyl sites for hydroxylation is 1. The standard InChI is InChI=1S/C20H36N6OS/c1-4-21-18(22-15-19(2,27)17-13-24-25(3)14-17)23-16-20(7-5-6-8-20)26-9-11-28-12-10-26/h13-14,27H,4-12,15-16H2,1-3H3,(H2,21,22,23). The highest BCUT2D eigenvalue weighted by atomic mass is 32.2. The Hall–Kier alpha value is -1.25. The summed E-state index contributed by atoms with van der Waals surface area (Å²) in [4.78, 5) is 7.40. The van der Waals surface area contributed by atoms with Gasteiger partial charge in [-0.3, -0.25) is 9.58 Å². The molecule has 1 atom stereocenters. The van der Waals surface area contributed by atoms with Crippen molar-refractivity contribution in [2.24, 2.45) is 12.0 Å². The van der Waals surface area contributed by atoms with Crippen LogP contribution >= 0.6 is 11.8 Å². The van der Waals surface area contributed by atoms with Crippen LogP contribution in [0.3, 0.4) is 0 Å². The Balaban J connectivity index is 1.65. The van der Waals surface area contributed by atoms with E-state index in [4.69, 9.17) is 4.99 Å². The van der Waals surface area contributed by atoms with E-state index in [0.717, 1.165) is 24.6 Å². The SMILES string of the molecule is CCNC(=NCC(C)(O)c1cnn(C)c1)NCC1(N2CCSCC2)CCCC1. The van der Waals surface area contributed by atoms with E-state index in [-0.39, 0.29) is 5.54 Å². The van der Waals surface area contributed by atoms with Crippen molar-refractivity contribution >= 4 is 17.7 Å². The Labute approximate surface area is 173 Å². The summed E-state index contributed by atoms with van der Waals surface area (Å²) in [5.74, 6) is 3.26. The lowest BCUT2D eigenvalue weighted by molar-refractivity contribution is 0.0671. The highest BCUT2D eigenvalue weighted by Crippen LogP contribution is 2.36. The molecule has 1 aromatic rings. The van der Waals surface area contributed by atoms with E-state index >= 15 is 0 Å². The smallest absolute Gasteiger partial charge is 0.191 e. The predicted octanol–water partition coefficient (Wildman–Crippen LogP) is 1.54. The van der Waals surface area contributed by atoms with Crippen molar-refractivity contribution in [1.82, 2.24) is 25.3 Å². The maximum atomic E-state index is 10.8. The molecule has 0 spiro atoms. The molecule has 1 saturated heterocycles. The average molecular weight is 409 g/mol. The Morgan fingerprint density at radius 1 is 1.32 bits per heavy atom. The highest BCUT2D eigenvalue weighted by Gasteiger charge is 2.40. The van der Waals surface area contributed by atoms with Gasteiger partial charge in [0, 0.05) is 62.0 Å². The van der Waals surface area contributed by atoms with Crippen molar-refractivity contribution in [3.63, 3.8) is 0 Å². The second-order valence-corrected chi connectivity index (χ2v) is 9.48. The number of nitrogens with zero attached hydrogens (tertiary/aromatic N) is 4. The molecule has 0 radical (unpaired) electrons. The Bertz CT molecular complexity index is 647. The Morgan fingerprint density at radius 3 is 2.64 bits per heavy atom. The Morgan fingerprint density at radius 2 is 2.04 bits per heavy atom. The number of hydrogen-bond acceptors (Lipinski definition) is 5. The summed E-state index contributed by atoms with van der Waals surface area (Å²) < 4.78 is 1.71. The highest BCUT2D eigenvalue weighted by molar-refractivity contribution is 7.99. The van der Waals surface area contributed by atoms with Gasteiger partial charge in [0.25, 0.3) is 0 Å². The van der Waals surface area contributed by atoms with Crippen LogP contribution in [0.1, 0.15) is 45.1 Å². The second kappa shape index (κ2) is 9.50. The molecular formula is C20H36N6OS. The van der Waals surface area contributed by atoms with E-state index in [1.807, 2.05) is 13.2 Å². The lowest BCUT2D eigenvalue weighted by Crippen LogP contribution is -2.57. The first-order valence-corrected chi connectivity index (χ1v) is 11.7. The summed E-state index contributed by atoms with van der Waals surface area (Å²) >= 11 is 2.07. The second-order valence-electron chi connectivity index (χ2n) is 8.26. The molecule has 1 aliphatic heterocycles. The predicted molar refractivity (Wildman–Crippen MR) is 117 cm³/mol. The Kier molecular flexibility index (Phi) is 7.28. The number of aliphatic hydroxyl groups is 1. The van der Waals surface area contributed by atoms with Crippen LogP contribution in [-0.4, -0.2) is 75.5 Å². The molecule has 1 unspecified atom stereocenters. The monoisotopic (exact) mass is 408 g/mol. The number of hydrogen-bond donors (Lipinski definition) is 3. The molecule has 1 saturated carbocycles. The zero-order valence-electron chi connectivity index (χ0n) is 17.6. The molecule has 2 heterocycles. The van der Waals surface area contributed by atoms with Gasteiger partial charge in [0.05, 0.1) is 12.7 Å². The maximum Gasteiger partial charge on any atom is 0.191 e. The van der Waals surface area contributed by atoms with E-state index in [2.05, 4.69) is 39.3 Å². The lowest BCUT2D eigenvalue weighted by atomic mass is 9.94. The summed E-state index contributed by atoms with van der Waals surface area (Å²) in [6, 6.07) is 0. The van der Waals surface area contributed by atoms with Crippen LogP contribution in [0.5, 0.6) is 0 Å². The minimum Gasteiger partial charge on any atom is -0.383 e. The van der Waals surface area contributed by atoms with E-state index in [9.17, 15) is 5.11 Å². The number of thioether (sulfide) groups is 1. The zero-order chi connectivity index (χ0) is 20.0. The summed E-state index contributed by atoms with van der Waals surface area (Å²) in [5.41, 5.74) is 0.00194. The van der Waals surface area contributed by atoms with Crippen LogP contribution in [0.4, 0.5) is 0 Å². The third-order valence-corrected chi connectivity index (χ3v) is 6.96. The molecule has 3 N–H and O–H groups in total. The van der Waals surface area contributed by atoms with Crippen LogP contribution in [-0.2, 0) is 12.6 Å². The average Bonchev–Trinajstić information content (AvgIpc) is 3.35. The van der Waals surface area contributed by atoms with Crippen molar-refractivity contribution in [2.75, 3.05) is 44.2 Å². The van der Waals surface area contributed by atoms with Gasteiger partial charge in [0.1, 0.15) is 5.60 Å². The number of aromatic nitrogens is 2. The minimum atomic E-state index is -1.04. The van der Waals surface area contributed by atoms with E-state index in [1.165, 1.54) is 50.3 Å². The molecule has 1 aliphatic carbocycles. The third kappa shape index (κ3) is 5.21. The van der Waals surface area contributed by atoms with Gasteiger partial charge in [0.15, 0.2) is 5.96 Å². The molecule has 158 valence electrons. The van der Waals surface area contributed by atoms with E-state index < -0.39 is 5.60 Å². The number of rotatable bonds is 7. The van der Waals surface area contributed by atoms with Crippen LogP contribution < -0.4 is 10.6 Å². The van der Waals surface area contributed by atoms with Crippen LogP contribution in [0.2, 0.25) is 0 Å². The first-order chi connectivity index (χ1) is 13.5. The van der Waals surface area contributed by atoms with Gasteiger partial charge in [-0.1, -0.05) is 12.8 Å². The fourth-order valence-electron chi connectivity index (χ4n) is 4.29. The van der Waals surface area contributed by atoms with Crippen molar-refractivity contribution in [3.05, 3.63) is 18.0 Å². The molecule has 0 amide bonds. The first-order valence-electron chi connectivity index (χ1n) is 10.5. The number of guanidine groups is 1. The first kappa shape index (κ1) is 21.5. The summed E-state index contributed by atoms with van der Waals surface area (Å²) in [6.45, 7) is 8.25. The molecule has 3 rings (SSSR count). The lowest BCUT2D eigenvalue weighted by Gasteiger charge is -2.43. The third-order valence-electron chi connectivity index (χ3n) is 6.02. The fraction of sp³-hybridized carbons (Fsp3) is 0.800. The summed E-state index contributed by atoms with van der Waals surface area (Å²) in [6.07, 6.45) is 8.70. The summed E-state index contributed by atoms with van der Waals surface area (Å²) in [7, 11) is 1.86. The molecule has 2 fully saturated rings. The van der Waals surface area contributed by atoms with Gasteiger partial charge in [-0.25, -0.2) is 4.99 Å². The van der Waals surface area contributed by atoms with Crippen LogP contribution in [0.25, 0.3) is 0 Å². The van der Waals surface area contributed by atoms with Gasteiger partial charge in [-0.2, -0.15) is 16.9 Å².